The van der Waals surface area contributed by atoms with E-state index in [1.807, 2.05) is 38.1 Å². The fourth-order valence-electron chi connectivity index (χ4n) is 1.63. The van der Waals surface area contributed by atoms with Crippen LogP contribution in [0.5, 0.6) is 5.75 Å². The minimum absolute atomic E-state index is 0.295. The molecular formula is C13H13NO. The lowest BCUT2D eigenvalue weighted by Crippen LogP contribution is -1.88. The standard InChI is InChI=1S/C13H13NO/c1-9-8-11(15)6-7-12(9)13-5-3-4-10(2)14-13/h3-8,15H,1-2H3. The second kappa shape index (κ2) is 3.73. The number of benzene rings is 1. The first kappa shape index (κ1) is 9.71. The van der Waals surface area contributed by atoms with Gasteiger partial charge in [-0.3, -0.25) is 4.98 Å². The topological polar surface area (TPSA) is 33.1 Å². The molecule has 0 radical (unpaired) electrons. The summed E-state index contributed by atoms with van der Waals surface area (Å²) in [5.41, 5.74) is 4.05. The van der Waals surface area contributed by atoms with Crippen molar-refractivity contribution in [2.75, 3.05) is 0 Å². The van der Waals surface area contributed by atoms with Gasteiger partial charge in [0.15, 0.2) is 0 Å². The summed E-state index contributed by atoms with van der Waals surface area (Å²) in [5.74, 6) is 0.295. The lowest BCUT2D eigenvalue weighted by molar-refractivity contribution is 0.475. The molecule has 2 nitrogen and oxygen atoms in total. The third-order valence-corrected chi connectivity index (χ3v) is 2.37. The van der Waals surface area contributed by atoms with E-state index in [1.165, 1.54) is 0 Å². The molecule has 0 unspecified atom stereocenters. The largest absolute Gasteiger partial charge is 0.508 e. The van der Waals surface area contributed by atoms with Crippen LogP contribution in [0.1, 0.15) is 11.3 Å². The van der Waals surface area contributed by atoms with Crippen molar-refractivity contribution in [2.45, 2.75) is 13.8 Å². The van der Waals surface area contributed by atoms with E-state index in [0.29, 0.717) is 5.75 Å². The van der Waals surface area contributed by atoms with E-state index in [-0.39, 0.29) is 0 Å². The maximum absolute atomic E-state index is 9.32. The Morgan fingerprint density at radius 2 is 1.87 bits per heavy atom. The van der Waals surface area contributed by atoms with Crippen molar-refractivity contribution in [3.63, 3.8) is 0 Å². The molecular weight excluding hydrogens is 186 g/mol. The molecule has 0 aliphatic heterocycles. The second-order valence-electron chi connectivity index (χ2n) is 3.66. The summed E-state index contributed by atoms with van der Waals surface area (Å²) in [6.07, 6.45) is 0. The third kappa shape index (κ3) is 1.99. The fraction of sp³-hybridized carbons (Fsp3) is 0.154. The van der Waals surface area contributed by atoms with Crippen LogP contribution < -0.4 is 0 Å². The van der Waals surface area contributed by atoms with Crippen LogP contribution in [0.15, 0.2) is 36.4 Å². The molecule has 76 valence electrons. The summed E-state index contributed by atoms with van der Waals surface area (Å²) in [4.78, 5) is 4.45. The number of hydrogen-bond acceptors (Lipinski definition) is 2. The van der Waals surface area contributed by atoms with Crippen molar-refractivity contribution in [2.24, 2.45) is 0 Å². The van der Waals surface area contributed by atoms with Crippen molar-refractivity contribution in [1.82, 2.24) is 4.98 Å². The number of phenols is 1. The Labute approximate surface area is 89.2 Å². The highest BCUT2D eigenvalue weighted by atomic mass is 16.3. The number of phenolic OH excluding ortho intramolecular Hbond substituents is 1. The molecule has 0 aliphatic carbocycles. The minimum Gasteiger partial charge on any atom is -0.508 e. The van der Waals surface area contributed by atoms with Crippen LogP contribution in [0.2, 0.25) is 0 Å². The van der Waals surface area contributed by atoms with Gasteiger partial charge in [0, 0.05) is 11.3 Å². The highest BCUT2D eigenvalue weighted by Crippen LogP contribution is 2.24. The zero-order valence-corrected chi connectivity index (χ0v) is 8.86. The SMILES string of the molecule is Cc1cccc(-c2ccc(O)cc2C)n1. The predicted octanol–water partition coefficient (Wildman–Crippen LogP) is 3.07. The maximum Gasteiger partial charge on any atom is 0.115 e. The van der Waals surface area contributed by atoms with Gasteiger partial charge in [0.1, 0.15) is 5.75 Å². The molecule has 0 saturated carbocycles. The van der Waals surface area contributed by atoms with Crippen molar-refractivity contribution in [3.8, 4) is 17.0 Å². The number of pyridine rings is 1. The summed E-state index contributed by atoms with van der Waals surface area (Å²) in [6, 6.07) is 11.3. The summed E-state index contributed by atoms with van der Waals surface area (Å²) in [6.45, 7) is 3.94. The van der Waals surface area contributed by atoms with Crippen LogP contribution in [0, 0.1) is 13.8 Å². The molecule has 0 aliphatic rings. The smallest absolute Gasteiger partial charge is 0.115 e. The number of hydrogen-bond donors (Lipinski definition) is 1. The summed E-state index contributed by atoms with van der Waals surface area (Å²) < 4.78 is 0. The predicted molar refractivity (Wildman–Crippen MR) is 60.8 cm³/mol. The van der Waals surface area contributed by atoms with Gasteiger partial charge in [0.25, 0.3) is 0 Å². The molecule has 0 fully saturated rings. The van der Waals surface area contributed by atoms with Crippen LogP contribution in [0.25, 0.3) is 11.3 Å². The zero-order chi connectivity index (χ0) is 10.8. The van der Waals surface area contributed by atoms with E-state index in [2.05, 4.69) is 4.98 Å². The van der Waals surface area contributed by atoms with Gasteiger partial charge >= 0.3 is 0 Å². The molecule has 1 aromatic heterocycles. The van der Waals surface area contributed by atoms with Gasteiger partial charge in [0.05, 0.1) is 5.69 Å². The normalized spacial score (nSPS) is 10.3. The van der Waals surface area contributed by atoms with Crippen LogP contribution >= 0.6 is 0 Å². The second-order valence-corrected chi connectivity index (χ2v) is 3.66. The van der Waals surface area contributed by atoms with Gasteiger partial charge in [-0.15, -0.1) is 0 Å². The van der Waals surface area contributed by atoms with Crippen molar-refractivity contribution >= 4 is 0 Å². The van der Waals surface area contributed by atoms with Gasteiger partial charge in [-0.1, -0.05) is 6.07 Å². The highest BCUT2D eigenvalue weighted by Gasteiger charge is 2.03. The molecule has 0 saturated heterocycles. The first-order chi connectivity index (χ1) is 7.16. The van der Waals surface area contributed by atoms with Crippen molar-refractivity contribution in [3.05, 3.63) is 47.7 Å². The molecule has 15 heavy (non-hydrogen) atoms. The third-order valence-electron chi connectivity index (χ3n) is 2.37. The minimum atomic E-state index is 0.295. The molecule has 0 atom stereocenters. The van der Waals surface area contributed by atoms with E-state index in [0.717, 1.165) is 22.5 Å². The monoisotopic (exact) mass is 199 g/mol. The van der Waals surface area contributed by atoms with Crippen LogP contribution in [-0.2, 0) is 0 Å². The number of aromatic nitrogens is 1. The fourth-order valence-corrected chi connectivity index (χ4v) is 1.63. The number of rotatable bonds is 1. The molecule has 0 bridgehead atoms. The number of nitrogens with zero attached hydrogens (tertiary/aromatic N) is 1. The summed E-state index contributed by atoms with van der Waals surface area (Å²) >= 11 is 0. The van der Waals surface area contributed by atoms with Crippen molar-refractivity contribution in [1.29, 1.82) is 0 Å². The lowest BCUT2D eigenvalue weighted by atomic mass is 10.0. The molecule has 0 amide bonds. The molecule has 2 rings (SSSR count). The average molecular weight is 199 g/mol. The Kier molecular flexibility index (Phi) is 2.42. The van der Waals surface area contributed by atoms with E-state index in [1.54, 1.807) is 12.1 Å². The Morgan fingerprint density at radius 1 is 1.07 bits per heavy atom. The molecule has 2 aromatic rings. The molecule has 1 heterocycles. The van der Waals surface area contributed by atoms with Gasteiger partial charge < -0.3 is 5.11 Å². The van der Waals surface area contributed by atoms with Gasteiger partial charge in [0.2, 0.25) is 0 Å². The van der Waals surface area contributed by atoms with Gasteiger partial charge in [-0.2, -0.15) is 0 Å². The van der Waals surface area contributed by atoms with Crippen molar-refractivity contribution < 1.29 is 5.11 Å². The zero-order valence-electron chi connectivity index (χ0n) is 8.86. The van der Waals surface area contributed by atoms with Crippen LogP contribution in [0.3, 0.4) is 0 Å². The Balaban J connectivity index is 2.54. The van der Waals surface area contributed by atoms with E-state index >= 15 is 0 Å². The van der Waals surface area contributed by atoms with E-state index in [9.17, 15) is 5.11 Å². The Bertz CT molecular complexity index is 492. The van der Waals surface area contributed by atoms with Crippen LogP contribution in [0.4, 0.5) is 0 Å². The van der Waals surface area contributed by atoms with Crippen LogP contribution in [-0.4, -0.2) is 10.1 Å². The van der Waals surface area contributed by atoms with E-state index < -0.39 is 0 Å². The summed E-state index contributed by atoms with van der Waals surface area (Å²) in [5, 5.41) is 9.32. The number of aromatic hydroxyl groups is 1. The molecule has 2 heteroatoms. The Hall–Kier alpha value is -1.83. The quantitative estimate of drug-likeness (QED) is 0.765. The highest BCUT2D eigenvalue weighted by molar-refractivity contribution is 5.64. The van der Waals surface area contributed by atoms with Gasteiger partial charge in [-0.25, -0.2) is 0 Å². The lowest BCUT2D eigenvalue weighted by Gasteiger charge is -2.06. The number of aryl methyl sites for hydroxylation is 2. The Morgan fingerprint density at radius 3 is 2.53 bits per heavy atom. The maximum atomic E-state index is 9.32. The molecule has 1 aromatic carbocycles. The molecule has 0 spiro atoms. The van der Waals surface area contributed by atoms with Gasteiger partial charge in [-0.05, 0) is 49.7 Å². The first-order valence-corrected chi connectivity index (χ1v) is 4.90. The molecule has 1 N–H and O–H groups in total. The summed E-state index contributed by atoms with van der Waals surface area (Å²) in [7, 11) is 0. The average Bonchev–Trinajstić information content (AvgIpc) is 2.17. The first-order valence-electron chi connectivity index (χ1n) is 4.90. The van der Waals surface area contributed by atoms with E-state index in [4.69, 9.17) is 0 Å².